The lowest BCUT2D eigenvalue weighted by Gasteiger charge is -2.14. The van der Waals surface area contributed by atoms with Crippen LogP contribution >= 0.6 is 12.2 Å². The first-order valence-electron chi connectivity index (χ1n) is 9.64. The van der Waals surface area contributed by atoms with E-state index in [0.717, 1.165) is 0 Å². The molecular weight excluding hydrogens is 388 g/mol. The zero-order chi connectivity index (χ0) is 21.1. The highest BCUT2D eigenvalue weighted by Gasteiger charge is 2.14. The number of nitrogens with one attached hydrogen (secondary N) is 2. The molecule has 0 radical (unpaired) electrons. The largest absolute Gasteiger partial charge is 0.492 e. The van der Waals surface area contributed by atoms with Crippen molar-refractivity contribution < 1.29 is 19.0 Å². The minimum atomic E-state index is -0.328. The summed E-state index contributed by atoms with van der Waals surface area (Å²) >= 11 is 5.28. The van der Waals surface area contributed by atoms with Crippen LogP contribution in [-0.2, 0) is 4.74 Å². The first-order chi connectivity index (χ1) is 14.0. The molecule has 0 atom stereocenters. The fourth-order valence-corrected chi connectivity index (χ4v) is 2.61. The lowest BCUT2D eigenvalue weighted by atomic mass is 10.2. The van der Waals surface area contributed by atoms with E-state index >= 15 is 0 Å². The maximum Gasteiger partial charge on any atom is 0.261 e. The first kappa shape index (κ1) is 22.6. The summed E-state index contributed by atoms with van der Waals surface area (Å²) in [6, 6.07) is 14.4. The Morgan fingerprint density at radius 2 is 1.86 bits per heavy atom. The van der Waals surface area contributed by atoms with Gasteiger partial charge in [-0.05, 0) is 49.3 Å². The van der Waals surface area contributed by atoms with Crippen molar-refractivity contribution in [2.24, 2.45) is 5.92 Å². The lowest BCUT2D eigenvalue weighted by Crippen LogP contribution is -2.34. The third-order valence-corrected chi connectivity index (χ3v) is 3.93. The van der Waals surface area contributed by atoms with Gasteiger partial charge in [0.2, 0.25) is 0 Å². The Morgan fingerprint density at radius 1 is 1.07 bits per heavy atom. The minimum Gasteiger partial charge on any atom is -0.492 e. The molecular formula is C22H28N2O4S. The second kappa shape index (κ2) is 12.0. The van der Waals surface area contributed by atoms with Gasteiger partial charge in [-0.25, -0.2) is 0 Å². The number of para-hydroxylation sites is 1. The molecule has 29 heavy (non-hydrogen) atoms. The Hall–Kier alpha value is -2.64. The summed E-state index contributed by atoms with van der Waals surface area (Å²) in [5.74, 6) is 1.25. The van der Waals surface area contributed by atoms with Gasteiger partial charge < -0.3 is 19.5 Å². The predicted molar refractivity (Wildman–Crippen MR) is 119 cm³/mol. The molecule has 2 aromatic carbocycles. The van der Waals surface area contributed by atoms with Crippen LogP contribution < -0.4 is 20.1 Å². The van der Waals surface area contributed by atoms with Gasteiger partial charge in [-0.3, -0.25) is 10.1 Å². The van der Waals surface area contributed by atoms with Crippen LogP contribution in [0.15, 0.2) is 48.5 Å². The fraction of sp³-hybridized carbons (Fsp3) is 0.364. The van der Waals surface area contributed by atoms with Crippen LogP contribution in [0.4, 0.5) is 5.69 Å². The lowest BCUT2D eigenvalue weighted by molar-refractivity contribution is 0.0973. The predicted octanol–water partition coefficient (Wildman–Crippen LogP) is 4.26. The van der Waals surface area contributed by atoms with Gasteiger partial charge in [0.15, 0.2) is 5.11 Å². The van der Waals surface area contributed by atoms with Crippen LogP contribution in [0, 0.1) is 5.92 Å². The van der Waals surface area contributed by atoms with E-state index < -0.39 is 0 Å². The standard InChI is InChI=1S/C22H28N2O4S/c1-4-26-12-13-27-18-9-7-8-17(14-18)23-22(29)24-21(25)19-10-5-6-11-20(19)28-15-16(2)3/h5-11,14,16H,4,12-13,15H2,1-3H3,(H2,23,24,25,29). The SMILES string of the molecule is CCOCCOc1cccc(NC(=S)NC(=O)c2ccccc2OCC(C)C)c1. The molecule has 0 fully saturated rings. The van der Waals surface area contributed by atoms with Gasteiger partial charge in [-0.1, -0.05) is 32.0 Å². The van der Waals surface area contributed by atoms with Crippen LogP contribution in [0.5, 0.6) is 11.5 Å². The number of rotatable bonds is 10. The molecule has 0 unspecified atom stereocenters. The summed E-state index contributed by atoms with van der Waals surface area (Å²) in [6.07, 6.45) is 0. The van der Waals surface area contributed by atoms with Gasteiger partial charge in [0.1, 0.15) is 18.1 Å². The molecule has 7 heteroatoms. The van der Waals surface area contributed by atoms with Crippen molar-refractivity contribution >= 4 is 28.9 Å². The molecule has 1 amide bonds. The van der Waals surface area contributed by atoms with Gasteiger partial charge in [0, 0.05) is 18.4 Å². The number of ether oxygens (including phenoxy) is 3. The summed E-state index contributed by atoms with van der Waals surface area (Å²) < 4.78 is 16.6. The van der Waals surface area contributed by atoms with E-state index in [9.17, 15) is 4.79 Å². The van der Waals surface area contributed by atoms with Gasteiger partial charge >= 0.3 is 0 Å². The molecule has 0 spiro atoms. The number of amides is 1. The molecule has 0 saturated carbocycles. The second-order valence-electron chi connectivity index (χ2n) is 6.68. The highest BCUT2D eigenvalue weighted by Crippen LogP contribution is 2.19. The summed E-state index contributed by atoms with van der Waals surface area (Å²) in [4.78, 5) is 12.6. The second-order valence-corrected chi connectivity index (χ2v) is 7.09. The molecule has 0 aromatic heterocycles. The van der Waals surface area contributed by atoms with E-state index in [-0.39, 0.29) is 11.0 Å². The zero-order valence-electron chi connectivity index (χ0n) is 17.1. The number of carbonyl (C=O) groups is 1. The molecule has 2 rings (SSSR count). The summed E-state index contributed by atoms with van der Waals surface area (Å²) in [5, 5.41) is 5.89. The average Bonchev–Trinajstić information content (AvgIpc) is 2.70. The van der Waals surface area contributed by atoms with E-state index in [1.807, 2.05) is 37.3 Å². The molecule has 6 nitrogen and oxygen atoms in total. The molecule has 0 heterocycles. The van der Waals surface area contributed by atoms with Crippen LogP contribution in [0.2, 0.25) is 0 Å². The number of thiocarbonyl (C=S) groups is 1. The third-order valence-electron chi connectivity index (χ3n) is 3.72. The molecule has 0 saturated heterocycles. The van der Waals surface area contributed by atoms with Crippen molar-refractivity contribution in [3.05, 3.63) is 54.1 Å². The Kier molecular flexibility index (Phi) is 9.40. The Labute approximate surface area is 177 Å². The Bertz CT molecular complexity index is 811. The van der Waals surface area contributed by atoms with E-state index in [0.29, 0.717) is 55.1 Å². The average molecular weight is 417 g/mol. The van der Waals surface area contributed by atoms with E-state index in [2.05, 4.69) is 24.5 Å². The highest BCUT2D eigenvalue weighted by molar-refractivity contribution is 7.80. The normalized spacial score (nSPS) is 10.5. The van der Waals surface area contributed by atoms with Crippen LogP contribution in [0.25, 0.3) is 0 Å². The zero-order valence-corrected chi connectivity index (χ0v) is 17.9. The van der Waals surface area contributed by atoms with E-state index in [4.69, 9.17) is 26.4 Å². The maximum atomic E-state index is 12.6. The summed E-state index contributed by atoms with van der Waals surface area (Å²) in [5.41, 5.74) is 1.15. The highest BCUT2D eigenvalue weighted by atomic mass is 32.1. The molecule has 156 valence electrons. The number of benzene rings is 2. The molecule has 0 bridgehead atoms. The first-order valence-corrected chi connectivity index (χ1v) is 10.0. The van der Waals surface area contributed by atoms with Gasteiger partial charge in [0.25, 0.3) is 5.91 Å². The molecule has 0 aliphatic rings. The topological polar surface area (TPSA) is 68.8 Å². The van der Waals surface area contributed by atoms with Crippen molar-refractivity contribution in [2.45, 2.75) is 20.8 Å². The molecule has 2 N–H and O–H groups in total. The van der Waals surface area contributed by atoms with Gasteiger partial charge in [-0.2, -0.15) is 0 Å². The molecule has 0 aliphatic carbocycles. The summed E-state index contributed by atoms with van der Waals surface area (Å²) in [6.45, 7) is 8.22. The number of carbonyl (C=O) groups excluding carboxylic acids is 1. The molecule has 2 aromatic rings. The van der Waals surface area contributed by atoms with E-state index in [1.54, 1.807) is 18.2 Å². The Morgan fingerprint density at radius 3 is 2.62 bits per heavy atom. The van der Waals surface area contributed by atoms with Crippen molar-refractivity contribution in [2.75, 3.05) is 31.7 Å². The quantitative estimate of drug-likeness (QED) is 0.445. The number of hydrogen-bond donors (Lipinski definition) is 2. The minimum absolute atomic E-state index is 0.195. The van der Waals surface area contributed by atoms with Crippen molar-refractivity contribution in [1.82, 2.24) is 5.32 Å². The maximum absolute atomic E-state index is 12.6. The van der Waals surface area contributed by atoms with Crippen molar-refractivity contribution in [3.8, 4) is 11.5 Å². The van der Waals surface area contributed by atoms with Gasteiger partial charge in [0.05, 0.1) is 18.8 Å². The summed E-state index contributed by atoms with van der Waals surface area (Å²) in [7, 11) is 0. The van der Waals surface area contributed by atoms with Crippen LogP contribution in [-0.4, -0.2) is 37.4 Å². The smallest absolute Gasteiger partial charge is 0.261 e. The number of hydrogen-bond acceptors (Lipinski definition) is 5. The molecule has 0 aliphatic heterocycles. The van der Waals surface area contributed by atoms with Crippen molar-refractivity contribution in [3.63, 3.8) is 0 Å². The monoisotopic (exact) mass is 416 g/mol. The van der Waals surface area contributed by atoms with E-state index in [1.165, 1.54) is 0 Å². The van der Waals surface area contributed by atoms with Crippen LogP contribution in [0.3, 0.4) is 0 Å². The number of anilines is 1. The van der Waals surface area contributed by atoms with Gasteiger partial charge in [-0.15, -0.1) is 0 Å². The third kappa shape index (κ3) is 8.09. The van der Waals surface area contributed by atoms with Crippen molar-refractivity contribution in [1.29, 1.82) is 0 Å². The Balaban J connectivity index is 1.93. The van der Waals surface area contributed by atoms with Crippen LogP contribution in [0.1, 0.15) is 31.1 Å². The fourth-order valence-electron chi connectivity index (χ4n) is 2.40.